The lowest BCUT2D eigenvalue weighted by atomic mass is 10.0. The second kappa shape index (κ2) is 11.1. The molecule has 1 N–H and O–H groups in total. The van der Waals surface area contributed by atoms with E-state index in [2.05, 4.69) is 5.32 Å². The van der Waals surface area contributed by atoms with Gasteiger partial charge in [-0.25, -0.2) is 17.5 Å². The number of hydrogen-bond donors (Lipinski definition) is 1. The van der Waals surface area contributed by atoms with Crippen molar-refractivity contribution < 1.29 is 22.7 Å². The fraction of sp³-hybridized carbons (Fsp3) is 0.120. The number of amides is 1. The summed E-state index contributed by atoms with van der Waals surface area (Å²) >= 11 is 5.96. The van der Waals surface area contributed by atoms with Crippen LogP contribution in [0.1, 0.15) is 11.1 Å². The monoisotopic (exact) mass is 498 g/mol. The molecular formula is C25H23ClN2O5S. The highest BCUT2D eigenvalue weighted by molar-refractivity contribution is 7.89. The molecule has 0 atom stereocenters. The molecule has 0 aromatic heterocycles. The third kappa shape index (κ3) is 6.54. The summed E-state index contributed by atoms with van der Waals surface area (Å²) in [5.74, 6) is -1.30. The average Bonchev–Trinajstić information content (AvgIpc) is 2.82. The minimum absolute atomic E-state index is 0.0307. The van der Waals surface area contributed by atoms with Crippen LogP contribution in [0, 0.1) is 0 Å². The second-order valence-electron chi connectivity index (χ2n) is 7.42. The third-order valence-electron chi connectivity index (χ3n) is 4.72. The maximum Gasteiger partial charge on any atom is 0.339 e. The van der Waals surface area contributed by atoms with Crippen molar-refractivity contribution in [1.82, 2.24) is 4.31 Å². The van der Waals surface area contributed by atoms with E-state index in [-0.39, 0.29) is 16.2 Å². The fourth-order valence-electron chi connectivity index (χ4n) is 2.96. The van der Waals surface area contributed by atoms with E-state index in [9.17, 15) is 18.0 Å². The summed E-state index contributed by atoms with van der Waals surface area (Å²) < 4.78 is 30.9. The number of benzene rings is 3. The molecule has 0 saturated carbocycles. The Balaban J connectivity index is 1.73. The summed E-state index contributed by atoms with van der Waals surface area (Å²) in [6, 6.07) is 21.7. The van der Waals surface area contributed by atoms with E-state index in [1.807, 2.05) is 30.3 Å². The predicted molar refractivity (Wildman–Crippen MR) is 133 cm³/mol. The number of hydrogen-bond acceptors (Lipinski definition) is 5. The summed E-state index contributed by atoms with van der Waals surface area (Å²) in [5.41, 5.74) is 1.89. The minimum Gasteiger partial charge on any atom is -0.452 e. The maximum atomic E-state index is 12.9. The Morgan fingerprint density at radius 3 is 2.29 bits per heavy atom. The zero-order valence-electron chi connectivity index (χ0n) is 18.6. The zero-order valence-corrected chi connectivity index (χ0v) is 20.1. The summed E-state index contributed by atoms with van der Waals surface area (Å²) in [6.45, 7) is -0.552. The van der Waals surface area contributed by atoms with Crippen LogP contribution in [0.15, 0.2) is 83.8 Å². The first-order valence-corrected chi connectivity index (χ1v) is 12.0. The van der Waals surface area contributed by atoms with Gasteiger partial charge in [0, 0.05) is 24.8 Å². The number of anilines is 1. The predicted octanol–water partition coefficient (Wildman–Crippen LogP) is 4.31. The number of ether oxygens (including phenoxy) is 1. The van der Waals surface area contributed by atoms with Crippen molar-refractivity contribution in [3.05, 3.63) is 95.0 Å². The van der Waals surface area contributed by atoms with Gasteiger partial charge in [-0.15, -0.1) is 0 Å². The lowest BCUT2D eigenvalue weighted by Gasteiger charge is -2.13. The van der Waals surface area contributed by atoms with Crippen molar-refractivity contribution in [3.8, 4) is 0 Å². The van der Waals surface area contributed by atoms with Crippen LogP contribution in [-0.4, -0.2) is 45.3 Å². The minimum atomic E-state index is -3.66. The zero-order chi connectivity index (χ0) is 24.7. The normalized spacial score (nSPS) is 11.8. The molecule has 0 heterocycles. The summed E-state index contributed by atoms with van der Waals surface area (Å²) in [6.07, 6.45) is 1.67. The molecule has 0 aliphatic rings. The number of sulfonamides is 1. The van der Waals surface area contributed by atoms with Gasteiger partial charge in [0.1, 0.15) is 0 Å². The van der Waals surface area contributed by atoms with Gasteiger partial charge in [-0.05, 0) is 47.5 Å². The van der Waals surface area contributed by atoms with Crippen molar-refractivity contribution in [2.75, 3.05) is 26.0 Å². The third-order valence-corrected chi connectivity index (χ3v) is 6.78. The highest BCUT2D eigenvalue weighted by Crippen LogP contribution is 2.22. The topological polar surface area (TPSA) is 92.8 Å². The number of carbonyl (C=O) groups is 2. The van der Waals surface area contributed by atoms with Crippen LogP contribution < -0.4 is 5.32 Å². The Hall–Kier alpha value is -3.46. The SMILES string of the molecule is CN(C)S(=O)(=O)c1cccc(NC(=O)COC(=O)/C(=C/c2ccccc2)c2ccc(Cl)cc2)c1. The first-order valence-electron chi connectivity index (χ1n) is 10.2. The summed E-state index contributed by atoms with van der Waals surface area (Å²) in [5, 5.41) is 3.07. The molecule has 0 aliphatic carbocycles. The molecule has 0 saturated heterocycles. The second-order valence-corrected chi connectivity index (χ2v) is 10.0. The van der Waals surface area contributed by atoms with Crippen molar-refractivity contribution in [3.63, 3.8) is 0 Å². The lowest BCUT2D eigenvalue weighted by molar-refractivity contribution is -0.141. The molecule has 0 spiro atoms. The highest BCUT2D eigenvalue weighted by Gasteiger charge is 2.19. The van der Waals surface area contributed by atoms with Crippen molar-refractivity contribution in [2.45, 2.75) is 4.90 Å². The van der Waals surface area contributed by atoms with Gasteiger partial charge in [0.25, 0.3) is 5.91 Å². The number of nitrogens with zero attached hydrogens (tertiary/aromatic N) is 1. The molecule has 3 aromatic carbocycles. The van der Waals surface area contributed by atoms with Crippen LogP contribution in [0.4, 0.5) is 5.69 Å². The van der Waals surface area contributed by atoms with Gasteiger partial charge >= 0.3 is 5.97 Å². The van der Waals surface area contributed by atoms with Crippen molar-refractivity contribution >= 4 is 50.8 Å². The largest absolute Gasteiger partial charge is 0.452 e. The first-order chi connectivity index (χ1) is 16.2. The molecule has 3 rings (SSSR count). The number of esters is 1. The van der Waals surface area contributed by atoms with E-state index >= 15 is 0 Å². The van der Waals surface area contributed by atoms with Crippen LogP contribution >= 0.6 is 11.6 Å². The van der Waals surface area contributed by atoms with E-state index < -0.39 is 28.5 Å². The average molecular weight is 499 g/mol. The molecule has 0 aliphatic heterocycles. The number of rotatable bonds is 8. The van der Waals surface area contributed by atoms with Gasteiger partial charge in [-0.1, -0.05) is 60.1 Å². The Morgan fingerprint density at radius 1 is 0.971 bits per heavy atom. The molecule has 3 aromatic rings. The van der Waals surface area contributed by atoms with Gasteiger partial charge in [-0.2, -0.15) is 0 Å². The Bertz CT molecular complexity index is 1300. The molecule has 1 amide bonds. The Kier molecular flexibility index (Phi) is 8.22. The molecule has 9 heteroatoms. The van der Waals surface area contributed by atoms with Gasteiger partial charge in [0.2, 0.25) is 10.0 Å². The summed E-state index contributed by atoms with van der Waals surface area (Å²) in [7, 11) is -0.820. The highest BCUT2D eigenvalue weighted by atomic mass is 35.5. The molecule has 7 nitrogen and oxygen atoms in total. The summed E-state index contributed by atoms with van der Waals surface area (Å²) in [4.78, 5) is 25.3. The van der Waals surface area contributed by atoms with Crippen LogP contribution in [-0.2, 0) is 24.3 Å². The van der Waals surface area contributed by atoms with Gasteiger partial charge in [0.05, 0.1) is 10.5 Å². The van der Waals surface area contributed by atoms with E-state index in [1.54, 1.807) is 36.4 Å². The molecule has 34 heavy (non-hydrogen) atoms. The Morgan fingerprint density at radius 2 is 1.65 bits per heavy atom. The fourth-order valence-corrected chi connectivity index (χ4v) is 4.03. The van der Waals surface area contributed by atoms with Gasteiger partial charge in [0.15, 0.2) is 6.61 Å². The van der Waals surface area contributed by atoms with Crippen LogP contribution in [0.5, 0.6) is 0 Å². The molecule has 0 fully saturated rings. The maximum absolute atomic E-state index is 12.9. The Labute approximate surface area is 203 Å². The number of halogens is 1. The van der Waals surface area contributed by atoms with Crippen LogP contribution in [0.3, 0.4) is 0 Å². The van der Waals surface area contributed by atoms with E-state index in [0.29, 0.717) is 10.6 Å². The van der Waals surface area contributed by atoms with E-state index in [0.717, 1.165) is 9.87 Å². The van der Waals surface area contributed by atoms with E-state index in [1.165, 1.54) is 32.3 Å². The van der Waals surface area contributed by atoms with Crippen LogP contribution in [0.2, 0.25) is 5.02 Å². The smallest absolute Gasteiger partial charge is 0.339 e. The quantitative estimate of drug-likeness (QED) is 0.284. The van der Waals surface area contributed by atoms with Gasteiger partial charge in [-0.3, -0.25) is 4.79 Å². The lowest BCUT2D eigenvalue weighted by Crippen LogP contribution is -2.23. The van der Waals surface area contributed by atoms with Gasteiger partial charge < -0.3 is 10.1 Å². The van der Waals surface area contributed by atoms with E-state index in [4.69, 9.17) is 16.3 Å². The molecular weight excluding hydrogens is 476 g/mol. The van der Waals surface area contributed by atoms with Crippen LogP contribution in [0.25, 0.3) is 11.6 Å². The number of nitrogens with one attached hydrogen (secondary N) is 1. The standard InChI is InChI=1S/C25H23ClN2O5S/c1-28(2)34(31,32)22-10-6-9-21(16-22)27-24(29)17-33-25(30)23(15-18-7-4-3-5-8-18)19-11-13-20(26)14-12-19/h3-16H,17H2,1-2H3,(H,27,29)/b23-15+. The molecule has 0 bridgehead atoms. The first kappa shape index (κ1) is 25.2. The van der Waals surface area contributed by atoms with Crippen molar-refractivity contribution in [1.29, 1.82) is 0 Å². The van der Waals surface area contributed by atoms with Crippen molar-refractivity contribution in [2.24, 2.45) is 0 Å². The molecule has 0 radical (unpaired) electrons. The molecule has 176 valence electrons. The number of carbonyl (C=O) groups excluding carboxylic acids is 2. The molecule has 0 unspecified atom stereocenters.